The molecule has 0 N–H and O–H groups in total. The molecule has 4 nitrogen and oxygen atoms in total. The largest absolute Gasteiger partial charge is 0.356 e. The summed E-state index contributed by atoms with van der Waals surface area (Å²) in [6.45, 7) is 2.78. The van der Waals surface area contributed by atoms with E-state index in [1.54, 1.807) is 6.20 Å². The van der Waals surface area contributed by atoms with E-state index in [0.717, 1.165) is 41.1 Å². The number of fused-ring (bicyclic) bond motifs is 1. The van der Waals surface area contributed by atoms with Gasteiger partial charge in [-0.15, -0.1) is 0 Å². The summed E-state index contributed by atoms with van der Waals surface area (Å²) in [5, 5.41) is 3.75. The van der Waals surface area contributed by atoms with Crippen LogP contribution < -0.4 is 4.90 Å². The molecule has 1 aliphatic heterocycles. The van der Waals surface area contributed by atoms with Gasteiger partial charge >= 0.3 is 0 Å². The number of carbonyl (C=O) groups is 1. The molecule has 24 heavy (non-hydrogen) atoms. The minimum Gasteiger partial charge on any atom is -0.356 e. The number of benzene rings is 2. The molecule has 4 heteroatoms. The quantitative estimate of drug-likeness (QED) is 0.738. The summed E-state index contributed by atoms with van der Waals surface area (Å²) >= 11 is 0. The van der Waals surface area contributed by atoms with Crippen molar-refractivity contribution in [3.05, 3.63) is 71.4 Å². The highest BCUT2D eigenvalue weighted by Crippen LogP contribution is 2.32. The Hall–Kier alpha value is -2.88. The Bertz CT molecular complexity index is 884. The molecule has 0 bridgehead atoms. The number of aromatic nitrogens is 1. The van der Waals surface area contributed by atoms with Crippen LogP contribution in [-0.2, 0) is 17.6 Å². The van der Waals surface area contributed by atoms with E-state index in [1.165, 1.54) is 5.56 Å². The summed E-state index contributed by atoms with van der Waals surface area (Å²) in [6, 6.07) is 16.0. The third-order valence-electron chi connectivity index (χ3n) is 4.60. The fourth-order valence-electron chi connectivity index (χ4n) is 3.25. The summed E-state index contributed by atoms with van der Waals surface area (Å²) in [5.41, 5.74) is 5.44. The molecule has 4 rings (SSSR count). The first-order chi connectivity index (χ1) is 11.7. The predicted octanol–water partition coefficient (Wildman–Crippen LogP) is 3.78. The van der Waals surface area contributed by atoms with Crippen molar-refractivity contribution >= 4 is 11.6 Å². The molecule has 2 heterocycles. The third kappa shape index (κ3) is 2.60. The van der Waals surface area contributed by atoms with Crippen LogP contribution in [-0.4, -0.2) is 17.6 Å². The number of amides is 1. The number of carbonyl (C=O) groups excluding carboxylic acids is 1. The topological polar surface area (TPSA) is 46.3 Å². The van der Waals surface area contributed by atoms with Crippen molar-refractivity contribution in [1.29, 1.82) is 0 Å². The molecule has 0 spiro atoms. The van der Waals surface area contributed by atoms with Gasteiger partial charge in [0.1, 0.15) is 0 Å². The van der Waals surface area contributed by atoms with E-state index in [2.05, 4.69) is 11.2 Å². The van der Waals surface area contributed by atoms with Crippen molar-refractivity contribution in [2.24, 2.45) is 0 Å². The van der Waals surface area contributed by atoms with Gasteiger partial charge in [0.05, 0.1) is 12.6 Å². The lowest BCUT2D eigenvalue weighted by Crippen LogP contribution is -2.30. The molecule has 0 saturated heterocycles. The minimum absolute atomic E-state index is 0.149. The van der Waals surface area contributed by atoms with Crippen LogP contribution >= 0.6 is 0 Å². The molecule has 2 aromatic carbocycles. The second-order valence-corrected chi connectivity index (χ2v) is 6.12. The number of hydrogen-bond acceptors (Lipinski definition) is 3. The number of anilines is 1. The fraction of sp³-hybridized carbons (Fsp3) is 0.200. The molecule has 0 aliphatic carbocycles. The second kappa shape index (κ2) is 5.96. The van der Waals surface area contributed by atoms with Crippen molar-refractivity contribution in [1.82, 2.24) is 5.16 Å². The van der Waals surface area contributed by atoms with Gasteiger partial charge in [0.15, 0.2) is 5.76 Å². The van der Waals surface area contributed by atoms with E-state index in [-0.39, 0.29) is 5.91 Å². The van der Waals surface area contributed by atoms with E-state index in [0.29, 0.717) is 6.42 Å². The number of nitrogens with zero attached hydrogens (tertiary/aromatic N) is 2. The van der Waals surface area contributed by atoms with Gasteiger partial charge in [-0.2, -0.15) is 0 Å². The van der Waals surface area contributed by atoms with E-state index in [4.69, 9.17) is 4.52 Å². The molecular weight excluding hydrogens is 300 g/mol. The molecule has 0 atom stereocenters. The van der Waals surface area contributed by atoms with Crippen LogP contribution in [0.25, 0.3) is 11.3 Å². The minimum atomic E-state index is 0.149. The normalized spacial score (nSPS) is 13.1. The Morgan fingerprint density at radius 2 is 2.08 bits per heavy atom. The van der Waals surface area contributed by atoms with E-state index >= 15 is 0 Å². The molecule has 1 amide bonds. The van der Waals surface area contributed by atoms with Crippen LogP contribution in [0.1, 0.15) is 16.7 Å². The zero-order valence-corrected chi connectivity index (χ0v) is 13.5. The first-order valence-electron chi connectivity index (χ1n) is 8.11. The zero-order valence-electron chi connectivity index (χ0n) is 13.5. The lowest BCUT2D eigenvalue weighted by molar-refractivity contribution is -0.117. The van der Waals surface area contributed by atoms with Crippen molar-refractivity contribution in [2.75, 3.05) is 11.4 Å². The Kier molecular flexibility index (Phi) is 3.65. The van der Waals surface area contributed by atoms with Gasteiger partial charge in [-0.05, 0) is 48.2 Å². The molecule has 0 fully saturated rings. The highest BCUT2D eigenvalue weighted by molar-refractivity contribution is 5.97. The van der Waals surface area contributed by atoms with Crippen LogP contribution in [0.3, 0.4) is 0 Å². The van der Waals surface area contributed by atoms with E-state index in [1.807, 2.05) is 54.3 Å². The Morgan fingerprint density at radius 3 is 2.88 bits per heavy atom. The highest BCUT2D eigenvalue weighted by atomic mass is 16.5. The Balaban J connectivity index is 1.58. The third-order valence-corrected chi connectivity index (χ3v) is 4.60. The number of rotatable bonds is 3. The highest BCUT2D eigenvalue weighted by Gasteiger charge is 2.25. The molecule has 0 saturated carbocycles. The Morgan fingerprint density at radius 1 is 1.21 bits per heavy atom. The number of aryl methyl sites for hydroxylation is 1. The SMILES string of the molecule is Cc1ccccc1CC(=O)N1CCc2cc(-c3ccno3)ccc21. The van der Waals surface area contributed by atoms with Gasteiger partial charge in [0.25, 0.3) is 0 Å². The van der Waals surface area contributed by atoms with Crippen molar-refractivity contribution in [3.8, 4) is 11.3 Å². The van der Waals surface area contributed by atoms with Gasteiger partial charge in [-0.3, -0.25) is 4.79 Å². The standard InChI is InChI=1S/C20H18N2O2/c1-14-4-2-3-5-15(14)13-20(23)22-11-9-16-12-17(6-7-18(16)22)19-8-10-21-24-19/h2-8,10,12H,9,11,13H2,1H3. The fourth-order valence-corrected chi connectivity index (χ4v) is 3.25. The Labute approximate surface area is 140 Å². The zero-order chi connectivity index (χ0) is 16.5. The molecule has 1 aliphatic rings. The van der Waals surface area contributed by atoms with Crippen molar-refractivity contribution in [2.45, 2.75) is 19.8 Å². The summed E-state index contributed by atoms with van der Waals surface area (Å²) in [5.74, 6) is 0.901. The first-order valence-corrected chi connectivity index (χ1v) is 8.11. The summed E-state index contributed by atoms with van der Waals surface area (Å²) in [7, 11) is 0. The first kappa shape index (κ1) is 14.7. The summed E-state index contributed by atoms with van der Waals surface area (Å²) in [4.78, 5) is 14.6. The lowest BCUT2D eigenvalue weighted by atomic mass is 10.0. The molecule has 0 radical (unpaired) electrons. The average Bonchev–Trinajstić information content (AvgIpc) is 3.25. The van der Waals surface area contributed by atoms with Crippen LogP contribution in [0.5, 0.6) is 0 Å². The smallest absolute Gasteiger partial charge is 0.231 e. The molecule has 1 aromatic heterocycles. The van der Waals surface area contributed by atoms with Crippen molar-refractivity contribution < 1.29 is 9.32 Å². The van der Waals surface area contributed by atoms with E-state index < -0.39 is 0 Å². The van der Waals surface area contributed by atoms with Gasteiger partial charge in [-0.25, -0.2) is 0 Å². The van der Waals surface area contributed by atoms with Crippen LogP contribution in [0.4, 0.5) is 5.69 Å². The van der Waals surface area contributed by atoms with Gasteiger partial charge in [0, 0.05) is 23.9 Å². The second-order valence-electron chi connectivity index (χ2n) is 6.12. The summed E-state index contributed by atoms with van der Waals surface area (Å²) < 4.78 is 5.22. The van der Waals surface area contributed by atoms with Crippen LogP contribution in [0.2, 0.25) is 0 Å². The summed E-state index contributed by atoms with van der Waals surface area (Å²) in [6.07, 6.45) is 2.95. The molecule has 120 valence electrons. The maximum atomic E-state index is 12.7. The molecule has 3 aromatic rings. The van der Waals surface area contributed by atoms with Crippen LogP contribution in [0.15, 0.2) is 59.3 Å². The van der Waals surface area contributed by atoms with Gasteiger partial charge in [-0.1, -0.05) is 29.4 Å². The van der Waals surface area contributed by atoms with Crippen molar-refractivity contribution in [3.63, 3.8) is 0 Å². The lowest BCUT2D eigenvalue weighted by Gasteiger charge is -2.18. The van der Waals surface area contributed by atoms with Gasteiger partial charge in [0.2, 0.25) is 5.91 Å². The van der Waals surface area contributed by atoms with Crippen LogP contribution in [0, 0.1) is 6.92 Å². The predicted molar refractivity (Wildman–Crippen MR) is 92.9 cm³/mol. The monoisotopic (exact) mass is 318 g/mol. The molecular formula is C20H18N2O2. The number of hydrogen-bond donors (Lipinski definition) is 0. The maximum absolute atomic E-state index is 12.7. The van der Waals surface area contributed by atoms with Gasteiger partial charge < -0.3 is 9.42 Å². The van der Waals surface area contributed by atoms with E-state index in [9.17, 15) is 4.79 Å². The average molecular weight is 318 g/mol. The molecule has 0 unspecified atom stereocenters. The maximum Gasteiger partial charge on any atom is 0.231 e.